The van der Waals surface area contributed by atoms with Crippen LogP contribution in [0.15, 0.2) is 36.4 Å². The van der Waals surface area contributed by atoms with Crippen LogP contribution in [0.3, 0.4) is 0 Å². The van der Waals surface area contributed by atoms with Crippen molar-refractivity contribution in [1.82, 2.24) is 4.90 Å². The van der Waals surface area contributed by atoms with Crippen LogP contribution in [0, 0.1) is 0 Å². The summed E-state index contributed by atoms with van der Waals surface area (Å²) >= 11 is 0. The lowest BCUT2D eigenvalue weighted by atomic mass is 10.1. The van der Waals surface area contributed by atoms with Gasteiger partial charge in [-0.1, -0.05) is 18.2 Å². The molecule has 0 saturated carbocycles. The van der Waals surface area contributed by atoms with Crippen molar-refractivity contribution in [3.05, 3.63) is 42.0 Å². The molecule has 0 unspecified atom stereocenters. The number of allylic oxidation sites excluding steroid dienone is 1. The van der Waals surface area contributed by atoms with Gasteiger partial charge in [0.05, 0.1) is 6.42 Å². The van der Waals surface area contributed by atoms with E-state index in [9.17, 15) is 9.59 Å². The van der Waals surface area contributed by atoms with Crippen molar-refractivity contribution >= 4 is 17.5 Å². The van der Waals surface area contributed by atoms with Crippen molar-refractivity contribution in [1.29, 1.82) is 0 Å². The molecule has 1 N–H and O–H groups in total. The number of amides is 2. The Bertz CT molecular complexity index is 447. The molecule has 0 bridgehead atoms. The zero-order valence-electron chi connectivity index (χ0n) is 10.9. The van der Waals surface area contributed by atoms with Gasteiger partial charge in [0.15, 0.2) is 0 Å². The Morgan fingerprint density at radius 2 is 1.83 bits per heavy atom. The Morgan fingerprint density at radius 1 is 1.22 bits per heavy atom. The van der Waals surface area contributed by atoms with Gasteiger partial charge in [0, 0.05) is 19.8 Å². The average Bonchev–Trinajstić information content (AvgIpc) is 2.31. The summed E-state index contributed by atoms with van der Waals surface area (Å²) in [5.74, 6) is -0.102. The van der Waals surface area contributed by atoms with Gasteiger partial charge in [0.25, 0.3) is 0 Å². The van der Waals surface area contributed by atoms with E-state index in [1.54, 1.807) is 44.1 Å². The van der Waals surface area contributed by atoms with E-state index in [1.165, 1.54) is 6.08 Å². The van der Waals surface area contributed by atoms with Gasteiger partial charge in [-0.2, -0.15) is 0 Å². The minimum atomic E-state index is -0.158. The van der Waals surface area contributed by atoms with Gasteiger partial charge in [-0.15, -0.1) is 0 Å². The minimum Gasteiger partial charge on any atom is -0.349 e. The molecule has 0 aliphatic heterocycles. The highest BCUT2D eigenvalue weighted by Gasteiger charge is 2.05. The van der Waals surface area contributed by atoms with E-state index in [0.717, 1.165) is 11.3 Å². The molecule has 0 saturated heterocycles. The molecule has 0 atom stereocenters. The summed E-state index contributed by atoms with van der Waals surface area (Å²) in [6, 6.07) is 7.26. The number of carbonyl (C=O) groups excluding carboxylic acids is 2. The molecule has 0 spiro atoms. The highest BCUT2D eigenvalue weighted by molar-refractivity contribution is 5.99. The maximum atomic E-state index is 11.5. The van der Waals surface area contributed by atoms with Crippen molar-refractivity contribution in [3.8, 4) is 0 Å². The largest absolute Gasteiger partial charge is 0.349 e. The van der Waals surface area contributed by atoms with E-state index in [-0.39, 0.29) is 11.8 Å². The lowest BCUT2D eigenvalue weighted by Gasteiger charge is -2.10. The Hall–Kier alpha value is -2.10. The van der Waals surface area contributed by atoms with E-state index in [1.807, 2.05) is 12.1 Å². The first-order chi connectivity index (χ1) is 8.52. The van der Waals surface area contributed by atoms with E-state index in [2.05, 4.69) is 5.32 Å². The summed E-state index contributed by atoms with van der Waals surface area (Å²) in [5.41, 5.74) is 1.65. The van der Waals surface area contributed by atoms with Crippen molar-refractivity contribution in [3.63, 3.8) is 0 Å². The fourth-order valence-electron chi connectivity index (χ4n) is 1.37. The van der Waals surface area contributed by atoms with Gasteiger partial charge >= 0.3 is 0 Å². The van der Waals surface area contributed by atoms with E-state index < -0.39 is 0 Å². The maximum Gasteiger partial charge on any atom is 0.248 e. The van der Waals surface area contributed by atoms with Crippen LogP contribution in [-0.2, 0) is 16.0 Å². The minimum absolute atomic E-state index is 0.0562. The van der Waals surface area contributed by atoms with E-state index in [0.29, 0.717) is 6.42 Å². The first-order valence-corrected chi connectivity index (χ1v) is 5.75. The van der Waals surface area contributed by atoms with Crippen molar-refractivity contribution in [2.75, 3.05) is 19.4 Å². The van der Waals surface area contributed by atoms with E-state index in [4.69, 9.17) is 0 Å². The van der Waals surface area contributed by atoms with Gasteiger partial charge in [-0.25, -0.2) is 0 Å². The molecule has 0 radical (unpaired) electrons. The summed E-state index contributed by atoms with van der Waals surface area (Å²) in [6.45, 7) is 1.79. The first kappa shape index (κ1) is 14.0. The molecule has 0 aliphatic carbocycles. The monoisotopic (exact) mass is 246 g/mol. The van der Waals surface area contributed by atoms with Gasteiger partial charge in [0.1, 0.15) is 0 Å². The SMILES string of the molecule is CC=CC(=O)Nc1ccc(CC(=O)N(C)C)cc1. The molecule has 0 heterocycles. The van der Waals surface area contributed by atoms with Crippen LogP contribution in [-0.4, -0.2) is 30.8 Å². The number of hydrogen-bond donors (Lipinski definition) is 1. The normalized spacial score (nSPS) is 10.4. The van der Waals surface area contributed by atoms with Crippen LogP contribution < -0.4 is 5.32 Å². The number of likely N-dealkylation sites (N-methyl/N-ethyl adjacent to an activating group) is 1. The summed E-state index contributed by atoms with van der Waals surface area (Å²) in [5, 5.41) is 2.73. The fraction of sp³-hybridized carbons (Fsp3) is 0.286. The molecule has 4 heteroatoms. The Morgan fingerprint density at radius 3 is 2.33 bits per heavy atom. The number of nitrogens with one attached hydrogen (secondary N) is 1. The smallest absolute Gasteiger partial charge is 0.248 e. The standard InChI is InChI=1S/C14H18N2O2/c1-4-5-13(17)15-12-8-6-11(7-9-12)10-14(18)16(2)3/h4-9H,10H2,1-3H3,(H,15,17). The van der Waals surface area contributed by atoms with Crippen LogP contribution in [0.5, 0.6) is 0 Å². The first-order valence-electron chi connectivity index (χ1n) is 5.75. The molecular formula is C14H18N2O2. The summed E-state index contributed by atoms with van der Waals surface area (Å²) < 4.78 is 0. The molecule has 0 aliphatic rings. The number of carbonyl (C=O) groups is 2. The number of benzene rings is 1. The molecule has 18 heavy (non-hydrogen) atoms. The quantitative estimate of drug-likeness (QED) is 0.824. The lowest BCUT2D eigenvalue weighted by molar-refractivity contribution is -0.128. The number of hydrogen-bond acceptors (Lipinski definition) is 2. The zero-order valence-corrected chi connectivity index (χ0v) is 10.9. The molecule has 0 aromatic heterocycles. The average molecular weight is 246 g/mol. The second-order valence-electron chi connectivity index (χ2n) is 4.15. The topological polar surface area (TPSA) is 49.4 Å². The van der Waals surface area contributed by atoms with Crippen molar-refractivity contribution < 1.29 is 9.59 Å². The third-order valence-corrected chi connectivity index (χ3v) is 2.39. The highest BCUT2D eigenvalue weighted by Crippen LogP contribution is 2.10. The van der Waals surface area contributed by atoms with Crippen LogP contribution in [0.1, 0.15) is 12.5 Å². The third-order valence-electron chi connectivity index (χ3n) is 2.39. The molecule has 4 nitrogen and oxygen atoms in total. The van der Waals surface area contributed by atoms with Gasteiger partial charge in [-0.05, 0) is 30.7 Å². The van der Waals surface area contributed by atoms with Crippen LogP contribution in [0.4, 0.5) is 5.69 Å². The highest BCUT2D eigenvalue weighted by atomic mass is 16.2. The van der Waals surface area contributed by atoms with Crippen molar-refractivity contribution in [2.45, 2.75) is 13.3 Å². The van der Waals surface area contributed by atoms with Crippen molar-refractivity contribution in [2.24, 2.45) is 0 Å². The molecule has 1 aromatic carbocycles. The van der Waals surface area contributed by atoms with Gasteiger partial charge in [0.2, 0.25) is 11.8 Å². The summed E-state index contributed by atoms with van der Waals surface area (Å²) in [6.07, 6.45) is 3.51. The molecule has 2 amide bonds. The lowest BCUT2D eigenvalue weighted by Crippen LogP contribution is -2.23. The fourth-order valence-corrected chi connectivity index (χ4v) is 1.37. The second kappa shape index (κ2) is 6.59. The van der Waals surface area contributed by atoms with Crippen LogP contribution >= 0.6 is 0 Å². The predicted octanol–water partition coefficient (Wildman–Crippen LogP) is 1.83. The summed E-state index contributed by atoms with van der Waals surface area (Å²) in [4.78, 5) is 24.4. The maximum absolute atomic E-state index is 11.5. The zero-order chi connectivity index (χ0) is 13.5. The third kappa shape index (κ3) is 4.41. The number of nitrogens with zero attached hydrogens (tertiary/aromatic N) is 1. The van der Waals surface area contributed by atoms with Crippen LogP contribution in [0.25, 0.3) is 0 Å². The van der Waals surface area contributed by atoms with E-state index >= 15 is 0 Å². The molecule has 1 aromatic rings. The molecule has 0 fully saturated rings. The second-order valence-corrected chi connectivity index (χ2v) is 4.15. The molecule has 96 valence electrons. The summed E-state index contributed by atoms with van der Waals surface area (Å²) in [7, 11) is 3.46. The molecular weight excluding hydrogens is 228 g/mol. The van der Waals surface area contributed by atoms with Crippen LogP contribution in [0.2, 0.25) is 0 Å². The van der Waals surface area contributed by atoms with Gasteiger partial charge in [-0.3, -0.25) is 9.59 Å². The predicted molar refractivity (Wildman–Crippen MR) is 72.3 cm³/mol. The molecule has 1 rings (SSSR count). The Labute approximate surface area is 107 Å². The van der Waals surface area contributed by atoms with Gasteiger partial charge < -0.3 is 10.2 Å². The number of anilines is 1. The number of rotatable bonds is 4. The Balaban J connectivity index is 2.63. The Kier molecular flexibility index (Phi) is 5.11.